The first-order valence-corrected chi connectivity index (χ1v) is 34.7. The Hall–Kier alpha value is 0.450. The van der Waals surface area contributed by atoms with Crippen molar-refractivity contribution in [2.45, 2.75) is 232 Å². The third-order valence-electron chi connectivity index (χ3n) is 11.8. The van der Waals surface area contributed by atoms with E-state index in [1.807, 2.05) is 43.1 Å². The summed E-state index contributed by atoms with van der Waals surface area (Å²) < 4.78 is 59.6. The van der Waals surface area contributed by atoms with Gasteiger partial charge in [-0.25, -0.2) is 4.57 Å². The van der Waals surface area contributed by atoms with Crippen LogP contribution in [0.5, 0.6) is 0 Å². The van der Waals surface area contributed by atoms with E-state index in [1.165, 1.54) is 6.92 Å². The molecule has 4 fully saturated rings. The number of rotatable bonds is 15. The van der Waals surface area contributed by atoms with Gasteiger partial charge in [-0.1, -0.05) is 48.5 Å². The van der Waals surface area contributed by atoms with E-state index in [0.717, 1.165) is 50.5 Å². The number of aromatic nitrogens is 1. The molecule has 4 aliphatic rings. The molecule has 15 heteroatoms. The van der Waals surface area contributed by atoms with Crippen LogP contribution in [-0.4, -0.2) is 91.0 Å². The van der Waals surface area contributed by atoms with Crippen LogP contribution >= 0.6 is 37.2 Å². The number of aliphatic hydroxyl groups excluding tert-OH is 1. The van der Waals surface area contributed by atoms with E-state index >= 15 is 0 Å². The van der Waals surface area contributed by atoms with Crippen molar-refractivity contribution in [2.24, 2.45) is 17.9 Å². The Balaban J connectivity index is 0.00000241. The van der Waals surface area contributed by atoms with Gasteiger partial charge in [-0.05, 0) is 50.4 Å². The van der Waals surface area contributed by atoms with E-state index in [2.05, 4.69) is 85.7 Å². The van der Waals surface area contributed by atoms with Crippen molar-refractivity contribution in [3.05, 3.63) is 37.5 Å². The van der Waals surface area contributed by atoms with Gasteiger partial charge in [-0.15, -0.1) is 0 Å². The van der Waals surface area contributed by atoms with Gasteiger partial charge in [0.25, 0.3) is 0 Å². The SMILES string of the molecule is CCC1CC(CC2CC(CC3CC(CC(CC(C)O)OC(C)=O)OC(C)O3)OC(c3cc[n+](C)cc3)O2)OC(CCCC2OC(C(C)(C)C)CC(C(C)(C)C)O2)O1.I[I-]I.[CH3-]. The van der Waals surface area contributed by atoms with Crippen molar-refractivity contribution in [3.63, 3.8) is 0 Å². The van der Waals surface area contributed by atoms with Crippen molar-refractivity contribution >= 4 is 43.2 Å². The smallest absolute Gasteiger partial charge is 0.358 e. The maximum Gasteiger partial charge on any atom is -0.358 e. The fourth-order valence-electron chi connectivity index (χ4n) is 8.71. The van der Waals surface area contributed by atoms with Gasteiger partial charge in [-0.3, -0.25) is 4.79 Å². The van der Waals surface area contributed by atoms with Gasteiger partial charge in [0.05, 0.1) is 54.9 Å². The summed E-state index contributed by atoms with van der Waals surface area (Å²) in [5.41, 5.74) is 1.05. The second-order valence-electron chi connectivity index (χ2n) is 19.4. The molecule has 0 bridgehead atoms. The monoisotopic (exact) mass is 1200 g/mol. The Labute approximate surface area is 398 Å². The largest absolute Gasteiger partial charge is 0.358 e. The Bertz CT molecular complexity index is 1370. The number of halogens is 3. The number of carbonyl (C=O) groups is 1. The van der Waals surface area contributed by atoms with E-state index in [-0.39, 0.29) is 85.6 Å². The summed E-state index contributed by atoms with van der Waals surface area (Å²) in [5, 5.41) is 10.0. The zero-order chi connectivity index (χ0) is 44.2. The summed E-state index contributed by atoms with van der Waals surface area (Å²) in [4.78, 5) is 11.8. The number of hydrogen-bond donors (Lipinski definition) is 1. The Morgan fingerprint density at radius 3 is 1.77 bits per heavy atom. The molecular weight excluding hydrogens is 1120 g/mol. The molecule has 0 saturated carbocycles. The zero-order valence-corrected chi connectivity index (χ0v) is 45.5. The molecule has 1 N–H and O–H groups in total. The van der Waals surface area contributed by atoms with Gasteiger partial charge >= 0.3 is 56.5 Å². The molecule has 0 aliphatic carbocycles. The molecule has 4 saturated heterocycles. The Morgan fingerprint density at radius 1 is 0.803 bits per heavy atom. The summed E-state index contributed by atoms with van der Waals surface area (Å²) in [6, 6.07) is 4.09. The molecule has 61 heavy (non-hydrogen) atoms. The summed E-state index contributed by atoms with van der Waals surface area (Å²) in [5.74, 6) is -0.364. The minimum atomic E-state index is -0.594. The second kappa shape index (κ2) is 26.7. The molecule has 0 radical (unpaired) electrons. The summed E-state index contributed by atoms with van der Waals surface area (Å²) >= 11 is 5.30. The van der Waals surface area contributed by atoms with Gasteiger partial charge < -0.3 is 55.2 Å². The Kier molecular flexibility index (Phi) is 24.4. The molecule has 0 spiro atoms. The molecule has 356 valence electrons. The molecule has 12 nitrogen and oxygen atoms in total. The first-order chi connectivity index (χ1) is 28.2. The molecule has 0 amide bonds. The van der Waals surface area contributed by atoms with Gasteiger partial charge in [0, 0.05) is 76.0 Å². The van der Waals surface area contributed by atoms with E-state index in [9.17, 15) is 9.90 Å². The number of carbonyl (C=O) groups excluding carboxylic acids is 1. The average molecular weight is 1200 g/mol. The molecule has 13 atom stereocenters. The van der Waals surface area contributed by atoms with E-state index < -0.39 is 24.8 Å². The number of ether oxygens (including phenoxy) is 9. The van der Waals surface area contributed by atoms with Crippen LogP contribution in [-0.2, 0) is 54.5 Å². The van der Waals surface area contributed by atoms with Gasteiger partial charge in [0.1, 0.15) is 13.2 Å². The normalized spacial score (nSPS) is 33.4. The number of esters is 1. The summed E-state index contributed by atoms with van der Waals surface area (Å²) in [6.45, 7) is 20.7. The minimum absolute atomic E-state index is 0. The predicted octanol–water partition coefficient (Wildman–Crippen LogP) is 6.98. The molecule has 4 aliphatic heterocycles. The first kappa shape index (κ1) is 55.8. The quantitative estimate of drug-likeness (QED) is 0.0848. The van der Waals surface area contributed by atoms with Gasteiger partial charge in [0.2, 0.25) is 0 Å². The molecule has 5 rings (SSSR count). The predicted molar refractivity (Wildman–Crippen MR) is 248 cm³/mol. The van der Waals surface area contributed by atoms with Crippen LogP contribution in [0.2, 0.25) is 0 Å². The van der Waals surface area contributed by atoms with Crippen LogP contribution in [0, 0.1) is 18.3 Å². The van der Waals surface area contributed by atoms with E-state index in [1.54, 1.807) is 6.92 Å². The van der Waals surface area contributed by atoms with Crippen molar-refractivity contribution in [3.8, 4) is 0 Å². The fourth-order valence-corrected chi connectivity index (χ4v) is 8.71. The third-order valence-corrected chi connectivity index (χ3v) is 11.8. The maximum atomic E-state index is 11.8. The van der Waals surface area contributed by atoms with E-state index in [0.29, 0.717) is 45.4 Å². The maximum absolute atomic E-state index is 11.8. The molecule has 13 unspecified atom stereocenters. The van der Waals surface area contributed by atoms with Crippen molar-refractivity contribution < 1.29 is 70.4 Å². The average Bonchev–Trinajstić information content (AvgIpc) is 3.13. The number of pyridine rings is 1. The standard InChI is InChI=1S/C45H76NO11.CH3.I3/c1-12-32-21-36(53-41(52-32)14-13-15-42-56-39(44(5,6)7)27-40(57-42)45(8,9)10)25-38-26-37(54-43(55-38)31-16-18-46(11)19-17-31)24-35-23-34(50-30(4)51-35)22-33(20-28(2)47)49-29(3)48;;1-3-2/h16-19,28,30,32-43,47H,12-15,20-27H2,1-11H3;1H3;/q+1;2*-1. The number of aliphatic hydroxyl groups is 1. The molecule has 1 aromatic heterocycles. The van der Waals surface area contributed by atoms with Crippen LogP contribution in [0.4, 0.5) is 0 Å². The van der Waals surface area contributed by atoms with Crippen molar-refractivity contribution in [1.29, 1.82) is 0 Å². The third kappa shape index (κ3) is 19.7. The second-order valence-corrected chi connectivity index (χ2v) is 35.7. The number of hydrogen-bond acceptors (Lipinski definition) is 11. The van der Waals surface area contributed by atoms with Crippen LogP contribution in [0.1, 0.15) is 158 Å². The summed E-state index contributed by atoms with van der Waals surface area (Å²) in [7, 11) is 1.99. The zero-order valence-electron chi connectivity index (χ0n) is 39.0. The fraction of sp³-hybridized carbons (Fsp3) is 0.848. The van der Waals surface area contributed by atoms with Crippen LogP contribution < -0.4 is 17.8 Å². The Morgan fingerprint density at radius 2 is 1.26 bits per heavy atom. The van der Waals surface area contributed by atoms with Crippen LogP contribution in [0.15, 0.2) is 24.5 Å². The molecule has 1 aromatic rings. The summed E-state index contributed by atoms with van der Waals surface area (Å²) in [6.07, 6.45) is 10.0. The van der Waals surface area contributed by atoms with Crippen LogP contribution in [0.3, 0.4) is 0 Å². The number of nitrogens with zero attached hydrogens (tertiary/aromatic N) is 1. The molecular formula is C46H79I3NO11-. The van der Waals surface area contributed by atoms with Gasteiger partial charge in [0.15, 0.2) is 37.6 Å². The van der Waals surface area contributed by atoms with Crippen LogP contribution in [0.25, 0.3) is 0 Å². The topological polar surface area (TPSA) is 124 Å². The van der Waals surface area contributed by atoms with Crippen molar-refractivity contribution in [2.75, 3.05) is 0 Å². The first-order valence-electron chi connectivity index (χ1n) is 22.2. The molecule has 5 heterocycles. The molecule has 0 aromatic carbocycles. The number of aryl methyl sites for hydroxylation is 1. The van der Waals surface area contributed by atoms with Gasteiger partial charge in [-0.2, -0.15) is 0 Å². The van der Waals surface area contributed by atoms with E-state index in [4.69, 9.17) is 42.6 Å². The van der Waals surface area contributed by atoms with Crippen molar-refractivity contribution in [1.82, 2.24) is 0 Å². The minimum Gasteiger partial charge on any atom is -0.358 e.